The van der Waals surface area contributed by atoms with Crippen LogP contribution in [0.4, 0.5) is 0 Å². The molecule has 0 aromatic rings. The molecule has 3 saturated heterocycles. The molecule has 0 saturated carbocycles. The average molecular weight is 499 g/mol. The molecule has 6 unspecified atom stereocenters. The van der Waals surface area contributed by atoms with Crippen molar-refractivity contribution in [2.75, 3.05) is 14.1 Å². The van der Waals surface area contributed by atoms with Crippen molar-refractivity contribution in [3.8, 4) is 0 Å². The lowest BCUT2D eigenvalue weighted by molar-refractivity contribution is -0.151. The van der Waals surface area contributed by atoms with E-state index < -0.39 is 0 Å². The summed E-state index contributed by atoms with van der Waals surface area (Å²) in [6.07, 6.45) is 0. The van der Waals surface area contributed by atoms with Crippen molar-refractivity contribution in [3.63, 3.8) is 0 Å². The molecule has 0 aliphatic carbocycles. The summed E-state index contributed by atoms with van der Waals surface area (Å²) >= 11 is 0. The van der Waals surface area contributed by atoms with Gasteiger partial charge in [0.1, 0.15) is 6.04 Å². The fraction of sp³-hybridized carbons (Fsp3) is 0.778. The number of amides is 4. The van der Waals surface area contributed by atoms with E-state index in [1.54, 1.807) is 28.7 Å². The summed E-state index contributed by atoms with van der Waals surface area (Å²) in [4.78, 5) is 48.3. The molecular formula is C27H54N4O4. The summed E-state index contributed by atoms with van der Waals surface area (Å²) < 4.78 is 0. The van der Waals surface area contributed by atoms with Crippen molar-refractivity contribution in [2.24, 2.45) is 11.8 Å². The highest BCUT2D eigenvalue weighted by Crippen LogP contribution is 2.33. The zero-order valence-corrected chi connectivity index (χ0v) is 25.1. The minimum atomic E-state index is -0.294. The standard InChI is InChI=1S/C8H13NO.C7H12N2O2.C6H11NO.3C2H6/c1-5-6(2)9(7(5)3)8(4)10;1-4-6(8-5(2)10)7(11)9(4)3;1-4-5(2)7(3)6(4)8;3*1-2/h5,7H,2H2,1,3-4H3;4,6H,1-3H3,(H,8,10);4-5H,1-3H3;3*1-2H3. The number of nitrogens with zero attached hydrogens (tertiary/aromatic N) is 3. The summed E-state index contributed by atoms with van der Waals surface area (Å²) in [7, 11) is 3.57. The van der Waals surface area contributed by atoms with Crippen LogP contribution >= 0.6 is 0 Å². The van der Waals surface area contributed by atoms with Crippen LogP contribution in [0.5, 0.6) is 0 Å². The Bertz CT molecular complexity index is 683. The Labute approximate surface area is 215 Å². The van der Waals surface area contributed by atoms with Crippen LogP contribution in [0.15, 0.2) is 12.3 Å². The molecule has 1 N–H and O–H groups in total. The van der Waals surface area contributed by atoms with E-state index in [1.165, 1.54) is 6.92 Å². The Morgan fingerprint density at radius 3 is 1.31 bits per heavy atom. The van der Waals surface area contributed by atoms with Crippen LogP contribution in [-0.4, -0.2) is 76.6 Å². The fourth-order valence-electron chi connectivity index (χ4n) is 3.54. The van der Waals surface area contributed by atoms with Gasteiger partial charge in [0, 0.05) is 51.6 Å². The van der Waals surface area contributed by atoms with Crippen LogP contribution in [-0.2, 0) is 19.2 Å². The van der Waals surface area contributed by atoms with Gasteiger partial charge in [0.25, 0.3) is 0 Å². The van der Waals surface area contributed by atoms with Crippen molar-refractivity contribution in [2.45, 2.75) is 114 Å². The fourth-order valence-corrected chi connectivity index (χ4v) is 3.54. The van der Waals surface area contributed by atoms with Gasteiger partial charge in [-0.2, -0.15) is 0 Å². The Morgan fingerprint density at radius 1 is 0.714 bits per heavy atom. The van der Waals surface area contributed by atoms with Gasteiger partial charge in [0.2, 0.25) is 23.6 Å². The minimum absolute atomic E-state index is 0.00676. The maximum atomic E-state index is 11.0. The number of nitrogens with one attached hydrogen (secondary N) is 1. The SMILES string of the molecule is C=C1C(C)C(C)N1C(C)=O.CC.CC.CC.CC(=O)NC1C(=O)N(C)C1C.CC1C(=O)N(C)C1C. The molecule has 3 heterocycles. The van der Waals surface area contributed by atoms with E-state index in [9.17, 15) is 19.2 Å². The lowest BCUT2D eigenvalue weighted by Crippen LogP contribution is -2.67. The third-order valence-corrected chi connectivity index (χ3v) is 6.44. The average Bonchev–Trinajstić information content (AvgIpc) is 2.89. The van der Waals surface area contributed by atoms with Gasteiger partial charge in [0.15, 0.2) is 0 Å². The summed E-state index contributed by atoms with van der Waals surface area (Å²) in [6, 6.07) is 0.649. The molecule has 8 heteroatoms. The van der Waals surface area contributed by atoms with E-state index in [0.717, 1.165) is 5.70 Å². The Kier molecular flexibility index (Phi) is 19.1. The molecule has 4 amide bonds. The molecular weight excluding hydrogens is 444 g/mol. The molecule has 0 bridgehead atoms. The number of carbonyl (C=O) groups excluding carboxylic acids is 4. The van der Waals surface area contributed by atoms with E-state index in [4.69, 9.17) is 0 Å². The molecule has 3 aliphatic heterocycles. The lowest BCUT2D eigenvalue weighted by Gasteiger charge is -2.46. The van der Waals surface area contributed by atoms with Crippen molar-refractivity contribution in [1.29, 1.82) is 0 Å². The topological polar surface area (TPSA) is 90.0 Å². The molecule has 0 aromatic carbocycles. The molecule has 0 spiro atoms. The molecule has 3 rings (SSSR count). The van der Waals surface area contributed by atoms with E-state index in [2.05, 4.69) is 25.7 Å². The van der Waals surface area contributed by atoms with Gasteiger partial charge in [0.05, 0.1) is 12.0 Å². The zero-order chi connectivity index (χ0) is 28.8. The van der Waals surface area contributed by atoms with E-state index >= 15 is 0 Å². The number of carbonyl (C=O) groups is 4. The van der Waals surface area contributed by atoms with Crippen molar-refractivity contribution in [3.05, 3.63) is 12.3 Å². The highest BCUT2D eigenvalue weighted by Gasteiger charge is 2.42. The predicted molar refractivity (Wildman–Crippen MR) is 146 cm³/mol. The number of likely N-dealkylation sites (N-methyl/N-ethyl adjacent to an activating group) is 1. The van der Waals surface area contributed by atoms with Crippen LogP contribution in [0.25, 0.3) is 0 Å². The number of rotatable bonds is 1. The summed E-state index contributed by atoms with van der Waals surface area (Å²) in [6.45, 7) is 28.9. The maximum absolute atomic E-state index is 11.0. The number of β-lactam (4-membered cyclic amide) rings is 2. The molecule has 35 heavy (non-hydrogen) atoms. The van der Waals surface area contributed by atoms with Gasteiger partial charge in [-0.3, -0.25) is 19.2 Å². The van der Waals surface area contributed by atoms with E-state index in [-0.39, 0.29) is 41.6 Å². The van der Waals surface area contributed by atoms with Gasteiger partial charge in [-0.15, -0.1) is 0 Å². The molecule has 6 atom stereocenters. The van der Waals surface area contributed by atoms with Crippen molar-refractivity contribution in [1.82, 2.24) is 20.0 Å². The van der Waals surface area contributed by atoms with Crippen molar-refractivity contribution < 1.29 is 19.2 Å². The summed E-state index contributed by atoms with van der Waals surface area (Å²) in [5, 5.41) is 2.58. The first-order valence-electron chi connectivity index (χ1n) is 13.0. The van der Waals surface area contributed by atoms with Crippen LogP contribution in [0, 0.1) is 11.8 Å². The predicted octanol–water partition coefficient (Wildman–Crippen LogP) is 4.30. The highest BCUT2D eigenvalue weighted by atomic mass is 16.2. The first kappa shape index (κ1) is 37.2. The number of hydrogen-bond acceptors (Lipinski definition) is 4. The van der Waals surface area contributed by atoms with Gasteiger partial charge < -0.3 is 20.0 Å². The molecule has 206 valence electrons. The molecule has 3 fully saturated rings. The molecule has 3 aliphatic rings. The van der Waals surface area contributed by atoms with Crippen molar-refractivity contribution >= 4 is 23.6 Å². The maximum Gasteiger partial charge on any atom is 0.247 e. The normalized spacial score (nSPS) is 27.5. The summed E-state index contributed by atoms with van der Waals surface area (Å²) in [5.74, 6) is 0.966. The molecule has 8 nitrogen and oxygen atoms in total. The first-order chi connectivity index (χ1) is 16.2. The third kappa shape index (κ3) is 9.65. The second-order valence-electron chi connectivity index (χ2n) is 8.26. The van der Waals surface area contributed by atoms with Gasteiger partial charge >= 0.3 is 0 Å². The van der Waals surface area contributed by atoms with Crippen LogP contribution in [0.3, 0.4) is 0 Å². The second kappa shape index (κ2) is 18.0. The van der Waals surface area contributed by atoms with E-state index in [0.29, 0.717) is 18.0 Å². The minimum Gasteiger partial charge on any atom is -0.343 e. The largest absolute Gasteiger partial charge is 0.343 e. The second-order valence-corrected chi connectivity index (χ2v) is 8.26. The quantitative estimate of drug-likeness (QED) is 0.546. The van der Waals surface area contributed by atoms with E-state index in [1.807, 2.05) is 69.4 Å². The monoisotopic (exact) mass is 498 g/mol. The number of likely N-dealkylation sites (tertiary alicyclic amines) is 3. The Hall–Kier alpha value is -2.38. The van der Waals surface area contributed by atoms with Crippen LogP contribution < -0.4 is 5.32 Å². The van der Waals surface area contributed by atoms with Gasteiger partial charge in [-0.25, -0.2) is 0 Å². The number of hydrogen-bond donors (Lipinski definition) is 1. The Morgan fingerprint density at radius 2 is 1.11 bits per heavy atom. The molecule has 0 radical (unpaired) electrons. The highest BCUT2D eigenvalue weighted by molar-refractivity contribution is 5.92. The Balaban J connectivity index is -0.000000399. The summed E-state index contributed by atoms with van der Waals surface area (Å²) in [5.41, 5.74) is 0.958. The third-order valence-electron chi connectivity index (χ3n) is 6.44. The van der Waals surface area contributed by atoms with Gasteiger partial charge in [-0.1, -0.05) is 62.0 Å². The van der Waals surface area contributed by atoms with Gasteiger partial charge in [-0.05, 0) is 20.8 Å². The lowest BCUT2D eigenvalue weighted by atomic mass is 9.88. The first-order valence-corrected chi connectivity index (χ1v) is 13.0. The van der Waals surface area contributed by atoms with Crippen LogP contribution in [0.1, 0.15) is 90.0 Å². The zero-order valence-electron chi connectivity index (χ0n) is 25.1. The smallest absolute Gasteiger partial charge is 0.247 e. The molecule has 0 aromatic heterocycles. The van der Waals surface area contributed by atoms with Crippen LogP contribution in [0.2, 0.25) is 0 Å².